The summed E-state index contributed by atoms with van der Waals surface area (Å²) >= 11 is 0. The molecule has 2 N–H and O–H groups in total. The van der Waals surface area contributed by atoms with Gasteiger partial charge in [0.2, 0.25) is 5.91 Å². The molecular weight excluding hydrogens is 372 g/mol. The van der Waals surface area contributed by atoms with Crippen LogP contribution in [0.5, 0.6) is 0 Å². The molecule has 1 amide bonds. The Morgan fingerprint density at radius 3 is 2.41 bits per heavy atom. The smallest absolute Gasteiger partial charge is 0.355 e. The zero-order valence-electron chi connectivity index (χ0n) is 18.4. The van der Waals surface area contributed by atoms with Crippen LogP contribution in [0.3, 0.4) is 0 Å². The predicted molar refractivity (Wildman–Crippen MR) is 110 cm³/mol. The Hall–Kier alpha value is -2.57. The molecule has 1 aromatic rings. The first-order chi connectivity index (χ1) is 13.5. The van der Waals surface area contributed by atoms with Crippen molar-refractivity contribution in [2.75, 3.05) is 7.11 Å². The predicted octanol–water partition coefficient (Wildman–Crippen LogP) is 3.52. The van der Waals surface area contributed by atoms with E-state index in [1.807, 2.05) is 26.8 Å². The van der Waals surface area contributed by atoms with Crippen LogP contribution in [0.1, 0.15) is 74.8 Å². The van der Waals surface area contributed by atoms with Crippen LogP contribution in [-0.2, 0) is 25.5 Å². The molecule has 7 nitrogen and oxygen atoms in total. The zero-order chi connectivity index (χ0) is 21.9. The maximum Gasteiger partial charge on any atom is 0.355 e. The fraction of sp³-hybridized carbons (Fsp3) is 0.591. The van der Waals surface area contributed by atoms with Crippen LogP contribution in [0.2, 0.25) is 0 Å². The monoisotopic (exact) mass is 404 g/mol. The van der Waals surface area contributed by atoms with E-state index in [-0.39, 0.29) is 30.1 Å². The number of rotatable bonds is 6. The van der Waals surface area contributed by atoms with Crippen LogP contribution in [0, 0.1) is 18.8 Å². The first-order valence-electron chi connectivity index (χ1n) is 10.0. The topological polar surface area (TPSA) is 97.5 Å². The second-order valence-electron chi connectivity index (χ2n) is 8.49. The number of methoxy groups -OCH3 is 1. The van der Waals surface area contributed by atoms with E-state index in [4.69, 9.17) is 9.47 Å². The van der Waals surface area contributed by atoms with Crippen LogP contribution < -0.4 is 5.32 Å². The van der Waals surface area contributed by atoms with Gasteiger partial charge in [-0.15, -0.1) is 0 Å². The Morgan fingerprint density at radius 1 is 1.24 bits per heavy atom. The molecule has 0 unspecified atom stereocenters. The summed E-state index contributed by atoms with van der Waals surface area (Å²) in [6, 6.07) is 0. The number of hydrogen-bond donors (Lipinski definition) is 2. The molecule has 2 heterocycles. The molecule has 1 fully saturated rings. The van der Waals surface area contributed by atoms with Gasteiger partial charge in [0, 0.05) is 29.6 Å². The van der Waals surface area contributed by atoms with Gasteiger partial charge in [-0.05, 0) is 57.7 Å². The summed E-state index contributed by atoms with van der Waals surface area (Å²) in [6.07, 6.45) is 3.16. The van der Waals surface area contributed by atoms with Crippen molar-refractivity contribution in [1.82, 2.24) is 10.3 Å². The van der Waals surface area contributed by atoms with Crippen LogP contribution in [0.15, 0.2) is 5.70 Å². The molecule has 0 spiro atoms. The molecule has 2 atom stereocenters. The maximum absolute atomic E-state index is 12.8. The average Bonchev–Trinajstić information content (AvgIpc) is 3.08. The lowest BCUT2D eigenvalue weighted by Gasteiger charge is -2.19. The number of nitrogens with one attached hydrogen (secondary N) is 2. The third kappa shape index (κ3) is 5.28. The van der Waals surface area contributed by atoms with E-state index in [0.29, 0.717) is 12.1 Å². The number of hydrogen-bond acceptors (Lipinski definition) is 5. The Balaban J connectivity index is 2.43. The van der Waals surface area contributed by atoms with Gasteiger partial charge in [0.05, 0.1) is 7.11 Å². The van der Waals surface area contributed by atoms with Crippen molar-refractivity contribution in [1.29, 1.82) is 0 Å². The van der Waals surface area contributed by atoms with Gasteiger partial charge in [-0.1, -0.05) is 13.8 Å². The van der Waals surface area contributed by atoms with Crippen molar-refractivity contribution in [2.24, 2.45) is 11.8 Å². The number of amides is 1. The van der Waals surface area contributed by atoms with Crippen LogP contribution in [0.25, 0.3) is 6.08 Å². The Morgan fingerprint density at radius 2 is 1.90 bits per heavy atom. The van der Waals surface area contributed by atoms with Gasteiger partial charge in [0.1, 0.15) is 11.3 Å². The molecule has 0 radical (unpaired) electrons. The van der Waals surface area contributed by atoms with Gasteiger partial charge in [-0.3, -0.25) is 9.59 Å². The fourth-order valence-electron chi connectivity index (χ4n) is 3.60. The lowest BCUT2D eigenvalue weighted by atomic mass is 9.92. The number of aromatic amines is 1. The Kier molecular flexibility index (Phi) is 6.93. The van der Waals surface area contributed by atoms with Crippen molar-refractivity contribution in [2.45, 2.75) is 66.4 Å². The zero-order valence-corrected chi connectivity index (χ0v) is 18.4. The quantitative estimate of drug-likeness (QED) is 0.707. The summed E-state index contributed by atoms with van der Waals surface area (Å²) in [7, 11) is 1.34. The normalized spacial score (nSPS) is 20.7. The fourth-order valence-corrected chi connectivity index (χ4v) is 3.60. The first-order valence-corrected chi connectivity index (χ1v) is 10.0. The van der Waals surface area contributed by atoms with E-state index in [2.05, 4.69) is 10.3 Å². The Labute approximate surface area is 172 Å². The van der Waals surface area contributed by atoms with Gasteiger partial charge in [-0.2, -0.15) is 0 Å². The van der Waals surface area contributed by atoms with Gasteiger partial charge in [0.25, 0.3) is 0 Å². The summed E-state index contributed by atoms with van der Waals surface area (Å²) in [5.41, 5.74) is 2.81. The molecule has 1 aromatic heterocycles. The summed E-state index contributed by atoms with van der Waals surface area (Å²) in [5, 5.41) is 2.95. The third-order valence-electron chi connectivity index (χ3n) is 5.27. The third-order valence-corrected chi connectivity index (χ3v) is 5.27. The van der Waals surface area contributed by atoms with Gasteiger partial charge in [0.15, 0.2) is 0 Å². The lowest BCUT2D eigenvalue weighted by Crippen LogP contribution is -2.24. The summed E-state index contributed by atoms with van der Waals surface area (Å²) < 4.78 is 10.3. The highest BCUT2D eigenvalue weighted by atomic mass is 16.6. The molecule has 2 rings (SSSR count). The number of carbonyl (C=O) groups excluding carboxylic acids is 3. The number of aromatic nitrogens is 1. The van der Waals surface area contributed by atoms with Crippen LogP contribution in [0.4, 0.5) is 0 Å². The number of H-pyrrole nitrogens is 1. The van der Waals surface area contributed by atoms with E-state index < -0.39 is 11.6 Å². The molecule has 29 heavy (non-hydrogen) atoms. The van der Waals surface area contributed by atoms with E-state index in [1.54, 1.807) is 20.8 Å². The second-order valence-corrected chi connectivity index (χ2v) is 8.49. The number of ether oxygens (including phenoxy) is 2. The largest absolute Gasteiger partial charge is 0.469 e. The number of esters is 2. The van der Waals surface area contributed by atoms with Crippen molar-refractivity contribution in [3.63, 3.8) is 0 Å². The molecule has 160 valence electrons. The van der Waals surface area contributed by atoms with Gasteiger partial charge >= 0.3 is 11.9 Å². The molecule has 0 bridgehead atoms. The van der Waals surface area contributed by atoms with Crippen molar-refractivity contribution in [3.8, 4) is 0 Å². The molecular formula is C22H32N2O5. The van der Waals surface area contributed by atoms with Crippen LogP contribution >= 0.6 is 0 Å². The highest BCUT2D eigenvalue weighted by Gasteiger charge is 2.34. The van der Waals surface area contributed by atoms with Gasteiger partial charge in [-0.25, -0.2) is 4.79 Å². The van der Waals surface area contributed by atoms with Gasteiger partial charge < -0.3 is 19.8 Å². The number of carbonyl (C=O) groups is 3. The summed E-state index contributed by atoms with van der Waals surface area (Å²) in [5.74, 6) is -0.781. The molecule has 0 aliphatic carbocycles. The molecule has 1 aliphatic heterocycles. The summed E-state index contributed by atoms with van der Waals surface area (Å²) in [6.45, 7) is 11.3. The summed E-state index contributed by atoms with van der Waals surface area (Å²) in [4.78, 5) is 39.7. The molecule has 0 saturated carbocycles. The second kappa shape index (κ2) is 8.84. The standard InChI is InChI=1S/C22H32N2O5/c1-8-14-12(2)17(24-20(14)26)11-16-13(3)15(9-10-18(25)28-7)19(23-16)21(27)29-22(4,5)6/h11-12,14,23H,8-10H2,1-7H3,(H,24,26)/b17-11-/t12-,14-/m0/s1. The molecule has 0 aromatic carbocycles. The van der Waals surface area contributed by atoms with E-state index in [9.17, 15) is 14.4 Å². The van der Waals surface area contributed by atoms with E-state index >= 15 is 0 Å². The SMILES string of the molecule is CC[C@@H]1C(=O)N/C(=C\c2[nH]c(C(=O)OC(C)(C)C)c(CCC(=O)OC)c2C)[C@H]1C. The minimum absolute atomic E-state index is 0.0220. The van der Waals surface area contributed by atoms with Crippen LogP contribution in [-0.4, -0.2) is 35.5 Å². The first kappa shape index (κ1) is 22.7. The minimum Gasteiger partial charge on any atom is -0.469 e. The highest BCUT2D eigenvalue weighted by molar-refractivity contribution is 5.91. The van der Waals surface area contributed by atoms with Crippen molar-refractivity contribution < 1.29 is 23.9 Å². The average molecular weight is 405 g/mol. The lowest BCUT2D eigenvalue weighted by molar-refractivity contribution is -0.140. The number of allylic oxidation sites excluding steroid dienone is 1. The molecule has 1 saturated heterocycles. The molecule has 7 heteroatoms. The highest BCUT2D eigenvalue weighted by Crippen LogP contribution is 2.31. The van der Waals surface area contributed by atoms with Crippen molar-refractivity contribution >= 4 is 23.9 Å². The van der Waals surface area contributed by atoms with Crippen molar-refractivity contribution in [3.05, 3.63) is 28.2 Å². The van der Waals surface area contributed by atoms with E-state index in [1.165, 1.54) is 7.11 Å². The molecule has 1 aliphatic rings. The maximum atomic E-state index is 12.8. The Bertz CT molecular complexity index is 829. The van der Waals surface area contributed by atoms with E-state index in [0.717, 1.165) is 28.9 Å². The minimum atomic E-state index is -0.642.